The van der Waals surface area contributed by atoms with Crippen LogP contribution in [0.3, 0.4) is 0 Å². The minimum absolute atomic E-state index is 0.00818. The molecular weight excluding hydrogens is 351 g/mol. The maximum atomic E-state index is 13.0. The average Bonchev–Trinajstić information content (AvgIpc) is 3.30. The molecule has 2 heterocycles. The summed E-state index contributed by atoms with van der Waals surface area (Å²) in [5.74, 6) is 0.274. The molecule has 0 N–H and O–H groups in total. The van der Waals surface area contributed by atoms with Crippen molar-refractivity contribution in [1.82, 2.24) is 9.80 Å². The summed E-state index contributed by atoms with van der Waals surface area (Å²) in [5, 5.41) is 1.98. The number of piperazine rings is 1. The minimum Gasteiger partial charge on any atom is -0.339 e. The number of rotatable bonds is 4. The van der Waals surface area contributed by atoms with Crippen molar-refractivity contribution in [2.45, 2.75) is 18.8 Å². The van der Waals surface area contributed by atoms with Crippen LogP contribution in [-0.4, -0.2) is 47.8 Å². The second kappa shape index (κ2) is 7.19. The van der Waals surface area contributed by atoms with Gasteiger partial charge in [-0.3, -0.25) is 9.59 Å². The molecule has 1 aromatic carbocycles. The lowest BCUT2D eigenvalue weighted by Gasteiger charge is -2.35. The van der Waals surface area contributed by atoms with Crippen LogP contribution in [0.2, 0.25) is 0 Å². The summed E-state index contributed by atoms with van der Waals surface area (Å²) in [6.45, 7) is 2.40. The van der Waals surface area contributed by atoms with Gasteiger partial charge in [-0.1, -0.05) is 18.2 Å². The van der Waals surface area contributed by atoms with Crippen LogP contribution in [0.1, 0.15) is 22.8 Å². The molecule has 0 spiro atoms. The second-order valence-corrected chi connectivity index (χ2v) is 7.99. The number of carbonyl (C=O) groups excluding carboxylic acids is 2. The molecule has 1 saturated carbocycles. The topological polar surface area (TPSA) is 40.6 Å². The predicted octanol–water partition coefficient (Wildman–Crippen LogP) is 2.90. The first-order valence-electron chi connectivity index (χ1n) is 8.96. The number of thiophene rings is 1. The van der Waals surface area contributed by atoms with E-state index in [-0.39, 0.29) is 29.5 Å². The van der Waals surface area contributed by atoms with Gasteiger partial charge in [0.05, 0.1) is 6.42 Å². The zero-order chi connectivity index (χ0) is 18.1. The van der Waals surface area contributed by atoms with Gasteiger partial charge in [-0.05, 0) is 41.5 Å². The maximum absolute atomic E-state index is 13.0. The highest BCUT2D eigenvalue weighted by Gasteiger charge is 2.46. The highest BCUT2D eigenvalue weighted by atomic mass is 32.1. The smallest absolute Gasteiger partial charge is 0.227 e. The van der Waals surface area contributed by atoms with Gasteiger partial charge in [-0.25, -0.2) is 4.39 Å². The van der Waals surface area contributed by atoms with E-state index in [1.54, 1.807) is 23.5 Å². The molecule has 0 bridgehead atoms. The van der Waals surface area contributed by atoms with Crippen molar-refractivity contribution < 1.29 is 14.0 Å². The second-order valence-electron chi connectivity index (χ2n) is 6.96. The summed E-state index contributed by atoms with van der Waals surface area (Å²) < 4.78 is 13.0. The Morgan fingerprint density at radius 1 is 1.04 bits per heavy atom. The first-order valence-corrected chi connectivity index (χ1v) is 9.84. The van der Waals surface area contributed by atoms with E-state index in [2.05, 4.69) is 0 Å². The molecular formula is C20H21FN2O2S. The van der Waals surface area contributed by atoms with Gasteiger partial charge in [0.15, 0.2) is 0 Å². The largest absolute Gasteiger partial charge is 0.339 e. The van der Waals surface area contributed by atoms with E-state index in [1.165, 1.54) is 12.1 Å². The van der Waals surface area contributed by atoms with E-state index >= 15 is 0 Å². The molecule has 2 aliphatic rings. The van der Waals surface area contributed by atoms with Crippen molar-refractivity contribution in [1.29, 1.82) is 0 Å². The Hall–Kier alpha value is -2.21. The van der Waals surface area contributed by atoms with Gasteiger partial charge in [-0.2, -0.15) is 0 Å². The Labute approximate surface area is 156 Å². The number of amides is 2. The van der Waals surface area contributed by atoms with Gasteiger partial charge in [0.25, 0.3) is 0 Å². The highest BCUT2D eigenvalue weighted by molar-refractivity contribution is 7.10. The lowest BCUT2D eigenvalue weighted by molar-refractivity contribution is -0.140. The van der Waals surface area contributed by atoms with E-state index in [4.69, 9.17) is 0 Å². The van der Waals surface area contributed by atoms with Crippen LogP contribution in [0.25, 0.3) is 0 Å². The highest BCUT2D eigenvalue weighted by Crippen LogP contribution is 2.48. The molecule has 4 nitrogen and oxygen atoms in total. The fraction of sp³-hybridized carbons (Fsp3) is 0.400. The van der Waals surface area contributed by atoms with Gasteiger partial charge in [0.1, 0.15) is 5.82 Å². The molecule has 2 atom stereocenters. The number of carbonyl (C=O) groups is 2. The molecule has 136 valence electrons. The number of halogens is 1. The van der Waals surface area contributed by atoms with Gasteiger partial charge in [0, 0.05) is 37.0 Å². The van der Waals surface area contributed by atoms with E-state index in [0.717, 1.165) is 16.9 Å². The van der Waals surface area contributed by atoms with Crippen LogP contribution in [0, 0.1) is 11.7 Å². The summed E-state index contributed by atoms with van der Waals surface area (Å²) >= 11 is 1.60. The van der Waals surface area contributed by atoms with Crippen LogP contribution in [0.15, 0.2) is 41.8 Å². The fourth-order valence-corrected chi connectivity index (χ4v) is 4.33. The molecule has 0 unspecified atom stereocenters. The van der Waals surface area contributed by atoms with Gasteiger partial charge >= 0.3 is 0 Å². The van der Waals surface area contributed by atoms with Crippen molar-refractivity contribution in [3.63, 3.8) is 0 Å². The Morgan fingerprint density at radius 2 is 1.73 bits per heavy atom. The SMILES string of the molecule is O=C(Cc1cccs1)N1CCN(C(=O)[C@H]2C[C@H]2c2ccc(F)cc2)CC1. The third-order valence-corrected chi connectivity index (χ3v) is 6.13. The average molecular weight is 372 g/mol. The maximum Gasteiger partial charge on any atom is 0.227 e. The Morgan fingerprint density at radius 3 is 2.38 bits per heavy atom. The predicted molar refractivity (Wildman–Crippen MR) is 98.4 cm³/mol. The third kappa shape index (κ3) is 3.65. The van der Waals surface area contributed by atoms with Crippen LogP contribution in [0.4, 0.5) is 4.39 Å². The van der Waals surface area contributed by atoms with E-state index in [1.807, 2.05) is 27.3 Å². The lowest BCUT2D eigenvalue weighted by Crippen LogP contribution is -2.51. The van der Waals surface area contributed by atoms with Gasteiger partial charge in [0.2, 0.25) is 11.8 Å². The zero-order valence-electron chi connectivity index (χ0n) is 14.4. The van der Waals surface area contributed by atoms with E-state index < -0.39 is 0 Å². The van der Waals surface area contributed by atoms with Crippen LogP contribution in [-0.2, 0) is 16.0 Å². The number of hydrogen-bond donors (Lipinski definition) is 0. The van der Waals surface area contributed by atoms with Gasteiger partial charge in [-0.15, -0.1) is 11.3 Å². The summed E-state index contributed by atoms with van der Waals surface area (Å²) in [5.41, 5.74) is 1.04. The first-order chi connectivity index (χ1) is 12.6. The summed E-state index contributed by atoms with van der Waals surface area (Å²) in [6, 6.07) is 10.4. The number of hydrogen-bond acceptors (Lipinski definition) is 3. The molecule has 6 heteroatoms. The monoisotopic (exact) mass is 372 g/mol. The van der Waals surface area contributed by atoms with Crippen molar-refractivity contribution in [2.75, 3.05) is 26.2 Å². The van der Waals surface area contributed by atoms with Crippen molar-refractivity contribution in [3.05, 3.63) is 58.0 Å². The lowest BCUT2D eigenvalue weighted by atomic mass is 10.1. The molecule has 1 aliphatic heterocycles. The summed E-state index contributed by atoms with van der Waals surface area (Å²) in [6.07, 6.45) is 1.28. The van der Waals surface area contributed by atoms with Crippen molar-refractivity contribution >= 4 is 23.2 Å². The van der Waals surface area contributed by atoms with E-state index in [0.29, 0.717) is 32.6 Å². The molecule has 4 rings (SSSR count). The molecule has 1 aliphatic carbocycles. The first kappa shape index (κ1) is 17.2. The quantitative estimate of drug-likeness (QED) is 0.828. The van der Waals surface area contributed by atoms with Crippen LogP contribution < -0.4 is 0 Å². The Balaban J connectivity index is 1.27. The minimum atomic E-state index is -0.249. The van der Waals surface area contributed by atoms with Gasteiger partial charge < -0.3 is 9.80 Å². The standard InChI is InChI=1S/C20H21FN2O2S/c21-15-5-3-14(4-6-15)17-13-18(17)20(25)23-9-7-22(8-10-23)19(24)12-16-2-1-11-26-16/h1-6,11,17-18H,7-10,12-13H2/t17-,18-/m0/s1. The normalized spacial score (nSPS) is 22.3. The molecule has 2 aromatic rings. The molecule has 26 heavy (non-hydrogen) atoms. The molecule has 1 aromatic heterocycles. The Kier molecular flexibility index (Phi) is 4.76. The molecule has 2 amide bonds. The Bertz CT molecular complexity index is 783. The third-order valence-electron chi connectivity index (χ3n) is 5.26. The molecule has 0 radical (unpaired) electrons. The van der Waals surface area contributed by atoms with Crippen molar-refractivity contribution in [3.8, 4) is 0 Å². The van der Waals surface area contributed by atoms with Crippen LogP contribution in [0.5, 0.6) is 0 Å². The molecule has 2 fully saturated rings. The summed E-state index contributed by atoms with van der Waals surface area (Å²) in [4.78, 5) is 29.9. The fourth-order valence-electron chi connectivity index (χ4n) is 3.63. The number of nitrogens with zero attached hydrogens (tertiary/aromatic N) is 2. The van der Waals surface area contributed by atoms with E-state index in [9.17, 15) is 14.0 Å². The van der Waals surface area contributed by atoms with Crippen LogP contribution >= 0.6 is 11.3 Å². The number of benzene rings is 1. The summed E-state index contributed by atoms with van der Waals surface area (Å²) in [7, 11) is 0. The molecule has 1 saturated heterocycles. The zero-order valence-corrected chi connectivity index (χ0v) is 15.3. The van der Waals surface area contributed by atoms with Crippen molar-refractivity contribution in [2.24, 2.45) is 5.92 Å².